The molecule has 0 aliphatic carbocycles. The van der Waals surface area contributed by atoms with Crippen LogP contribution in [0.4, 0.5) is 22.5 Å². The molecule has 2 fully saturated rings. The fourth-order valence-electron chi connectivity index (χ4n) is 4.62. The summed E-state index contributed by atoms with van der Waals surface area (Å²) in [5.41, 5.74) is 8.33. The number of carbonyl (C=O) groups excluding carboxylic acids is 2. The zero-order valence-electron chi connectivity index (χ0n) is 20.8. The maximum Gasteiger partial charge on any atom is 0.410 e. The fraction of sp³-hybridized carbons (Fsp3) is 0.565. The molecule has 2 amide bonds. The van der Waals surface area contributed by atoms with E-state index in [1.165, 1.54) is 4.90 Å². The molecule has 3 aliphatic rings. The number of carbonyl (C=O) groups is 2. The molecule has 0 radical (unpaired) electrons. The number of amides is 2. The molecule has 1 atom stereocenters. The van der Waals surface area contributed by atoms with Gasteiger partial charge >= 0.3 is 6.09 Å². The van der Waals surface area contributed by atoms with Crippen LogP contribution in [0.1, 0.15) is 12.5 Å². The summed E-state index contributed by atoms with van der Waals surface area (Å²) < 4.78 is 10.8. The second-order valence-corrected chi connectivity index (χ2v) is 9.47. The Morgan fingerprint density at radius 2 is 1.92 bits per heavy atom. The lowest BCUT2D eigenvalue weighted by atomic mass is 10.1. The van der Waals surface area contributed by atoms with Gasteiger partial charge in [-0.05, 0) is 13.3 Å². The number of fused-ring (bicyclic) bond motifs is 1. The van der Waals surface area contributed by atoms with Gasteiger partial charge in [-0.3, -0.25) is 4.79 Å². The predicted molar refractivity (Wildman–Crippen MR) is 132 cm³/mol. The average molecular weight is 498 g/mol. The second kappa shape index (κ2) is 9.72. The quantitative estimate of drug-likeness (QED) is 0.597. The number of hydrogen-bond donors (Lipinski definition) is 1. The van der Waals surface area contributed by atoms with Gasteiger partial charge in [0.1, 0.15) is 5.82 Å². The molecule has 13 nitrogen and oxygen atoms in total. The lowest BCUT2D eigenvalue weighted by Gasteiger charge is -2.44. The summed E-state index contributed by atoms with van der Waals surface area (Å²) in [7, 11) is 3.25. The third-order valence-electron chi connectivity index (χ3n) is 6.80. The fourth-order valence-corrected chi connectivity index (χ4v) is 4.62. The van der Waals surface area contributed by atoms with Crippen molar-refractivity contribution in [1.29, 1.82) is 0 Å². The molecule has 0 saturated carbocycles. The van der Waals surface area contributed by atoms with Gasteiger partial charge in [-0.1, -0.05) is 0 Å². The Hall–Kier alpha value is -3.74. The van der Waals surface area contributed by atoms with Crippen LogP contribution in [0.25, 0.3) is 11.3 Å². The van der Waals surface area contributed by atoms with Crippen molar-refractivity contribution in [2.45, 2.75) is 25.4 Å². The minimum atomic E-state index is -0.480. The molecule has 36 heavy (non-hydrogen) atoms. The van der Waals surface area contributed by atoms with Crippen LogP contribution >= 0.6 is 0 Å². The number of nitrogen functional groups attached to an aromatic ring is 1. The van der Waals surface area contributed by atoms with E-state index in [4.69, 9.17) is 25.2 Å². The minimum Gasteiger partial charge on any atom is -0.439 e. The van der Waals surface area contributed by atoms with Crippen molar-refractivity contribution in [3.05, 3.63) is 18.0 Å². The molecule has 3 aliphatic heterocycles. The average Bonchev–Trinajstić information content (AvgIpc) is 3.25. The number of ether oxygens (including phenoxy) is 2. The van der Waals surface area contributed by atoms with E-state index in [-0.39, 0.29) is 30.5 Å². The van der Waals surface area contributed by atoms with Gasteiger partial charge in [0.2, 0.25) is 11.9 Å². The molecule has 192 valence electrons. The SMILES string of the molecule is C[C@H]1COCCN1c1nc(-c2cnc(N)nc2)c2c(n1)N(C1CN(C(=O)OCC(=O)N(C)C)C1)CC2. The van der Waals surface area contributed by atoms with E-state index in [1.54, 1.807) is 31.4 Å². The van der Waals surface area contributed by atoms with E-state index in [1.807, 2.05) is 0 Å². The Kier molecular flexibility index (Phi) is 6.48. The second-order valence-electron chi connectivity index (χ2n) is 9.47. The summed E-state index contributed by atoms with van der Waals surface area (Å²) in [6.07, 6.45) is 3.67. The molecule has 0 unspecified atom stereocenters. The maximum absolute atomic E-state index is 12.4. The number of aromatic nitrogens is 4. The van der Waals surface area contributed by atoms with Gasteiger partial charge < -0.3 is 34.8 Å². The normalized spacial score (nSPS) is 19.6. The monoisotopic (exact) mass is 497 g/mol. The van der Waals surface area contributed by atoms with Crippen molar-refractivity contribution in [3.63, 3.8) is 0 Å². The molecule has 13 heteroatoms. The maximum atomic E-state index is 12.4. The summed E-state index contributed by atoms with van der Waals surface area (Å²) in [5.74, 6) is 1.46. The Labute approximate surface area is 209 Å². The predicted octanol–water partition coefficient (Wildman–Crippen LogP) is 0.0124. The van der Waals surface area contributed by atoms with Crippen LogP contribution in [0, 0.1) is 0 Å². The minimum absolute atomic E-state index is 0.101. The van der Waals surface area contributed by atoms with Gasteiger partial charge in [-0.2, -0.15) is 4.98 Å². The van der Waals surface area contributed by atoms with Crippen molar-refractivity contribution in [3.8, 4) is 11.3 Å². The van der Waals surface area contributed by atoms with Crippen LogP contribution in [-0.2, 0) is 20.7 Å². The van der Waals surface area contributed by atoms with E-state index in [9.17, 15) is 9.59 Å². The molecule has 2 N–H and O–H groups in total. The van der Waals surface area contributed by atoms with Crippen LogP contribution in [-0.4, -0.2) is 114 Å². The van der Waals surface area contributed by atoms with Crippen molar-refractivity contribution >= 4 is 29.7 Å². The first-order valence-corrected chi connectivity index (χ1v) is 12.0. The molecular weight excluding hydrogens is 466 g/mol. The van der Waals surface area contributed by atoms with Crippen molar-refractivity contribution in [1.82, 2.24) is 29.7 Å². The van der Waals surface area contributed by atoms with Gasteiger partial charge in [0.05, 0.1) is 31.0 Å². The van der Waals surface area contributed by atoms with Gasteiger partial charge in [0, 0.05) is 63.8 Å². The number of likely N-dealkylation sites (N-methyl/N-ethyl adjacent to an activating group) is 1. The molecule has 0 aromatic carbocycles. The molecule has 5 rings (SSSR count). The van der Waals surface area contributed by atoms with E-state index in [0.29, 0.717) is 38.8 Å². The zero-order chi connectivity index (χ0) is 25.4. The molecule has 2 saturated heterocycles. The van der Waals surface area contributed by atoms with E-state index in [2.05, 4.69) is 26.7 Å². The summed E-state index contributed by atoms with van der Waals surface area (Å²) >= 11 is 0. The van der Waals surface area contributed by atoms with Crippen molar-refractivity contribution in [2.75, 3.05) is 75.6 Å². The van der Waals surface area contributed by atoms with Crippen LogP contribution in [0.2, 0.25) is 0 Å². The summed E-state index contributed by atoms with van der Waals surface area (Å²) in [6.45, 7) is 5.53. The third-order valence-corrected chi connectivity index (χ3v) is 6.80. The van der Waals surface area contributed by atoms with E-state index in [0.717, 1.165) is 35.6 Å². The first-order valence-electron chi connectivity index (χ1n) is 12.0. The first-order chi connectivity index (χ1) is 17.3. The molecule has 0 spiro atoms. The summed E-state index contributed by atoms with van der Waals surface area (Å²) in [5, 5.41) is 0. The molecular formula is C23H31N9O4. The standard InChI is InChI=1S/C23H31N9O4/c1-14-12-35-7-6-31(14)22-27-19(15-8-25-21(24)26-9-15)17-4-5-32(20(17)28-22)16-10-30(11-16)23(34)36-13-18(33)29(2)3/h8-9,14,16H,4-7,10-13H2,1-3H3,(H2,24,25,26)/t14-/m0/s1. The van der Waals surface area contributed by atoms with Crippen LogP contribution in [0.15, 0.2) is 12.4 Å². The molecule has 2 aromatic heterocycles. The largest absolute Gasteiger partial charge is 0.439 e. The number of rotatable bonds is 5. The topological polar surface area (TPSA) is 143 Å². The zero-order valence-corrected chi connectivity index (χ0v) is 20.8. The van der Waals surface area contributed by atoms with Crippen LogP contribution in [0.5, 0.6) is 0 Å². The van der Waals surface area contributed by atoms with Gasteiger partial charge in [0.25, 0.3) is 5.91 Å². The number of nitrogens with zero attached hydrogens (tertiary/aromatic N) is 8. The molecule has 0 bridgehead atoms. The highest BCUT2D eigenvalue weighted by Crippen LogP contribution is 2.38. The third kappa shape index (κ3) is 4.57. The number of hydrogen-bond acceptors (Lipinski definition) is 11. The molecule has 5 heterocycles. The number of anilines is 3. The lowest BCUT2D eigenvalue weighted by molar-refractivity contribution is -0.132. The Morgan fingerprint density at radius 3 is 2.61 bits per heavy atom. The molecule has 2 aromatic rings. The Bertz CT molecular complexity index is 1140. The lowest BCUT2D eigenvalue weighted by Crippen LogP contribution is -2.61. The highest BCUT2D eigenvalue weighted by molar-refractivity contribution is 5.80. The smallest absolute Gasteiger partial charge is 0.410 e. The first kappa shape index (κ1) is 24.0. The van der Waals surface area contributed by atoms with Crippen LogP contribution < -0.4 is 15.5 Å². The summed E-state index contributed by atoms with van der Waals surface area (Å²) in [4.78, 5) is 49.8. The van der Waals surface area contributed by atoms with Gasteiger partial charge in [-0.15, -0.1) is 0 Å². The van der Waals surface area contributed by atoms with Crippen molar-refractivity contribution in [2.24, 2.45) is 0 Å². The number of nitrogens with two attached hydrogens (primary N) is 1. The number of morpholine rings is 1. The highest BCUT2D eigenvalue weighted by atomic mass is 16.6. The van der Waals surface area contributed by atoms with Gasteiger partial charge in [-0.25, -0.2) is 19.7 Å². The Balaban J connectivity index is 1.37. The van der Waals surface area contributed by atoms with Crippen LogP contribution in [0.3, 0.4) is 0 Å². The van der Waals surface area contributed by atoms with E-state index < -0.39 is 6.09 Å². The summed E-state index contributed by atoms with van der Waals surface area (Å²) in [6, 6.07) is 0.241. The highest BCUT2D eigenvalue weighted by Gasteiger charge is 2.40. The van der Waals surface area contributed by atoms with Crippen molar-refractivity contribution < 1.29 is 19.1 Å². The van der Waals surface area contributed by atoms with Gasteiger partial charge in [0.15, 0.2) is 6.61 Å². The Morgan fingerprint density at radius 1 is 1.17 bits per heavy atom. The number of likely N-dealkylation sites (tertiary alicyclic amines) is 1. The van der Waals surface area contributed by atoms with E-state index >= 15 is 0 Å².